The zero-order valence-electron chi connectivity index (χ0n) is 13.2. The molecule has 1 unspecified atom stereocenters. The molecule has 0 bridgehead atoms. The Labute approximate surface area is 139 Å². The molecular weight excluding hydrogens is 304 g/mol. The SMILES string of the molecule is CN1CC(C(=O)Nc2ccc3c(c2)C(=O)c2ccccc2-3)CC1=O. The number of hydrogen-bond donors (Lipinski definition) is 1. The number of likely N-dealkylation sites (tertiary alicyclic amines) is 1. The van der Waals surface area contributed by atoms with Gasteiger partial charge in [0.05, 0.1) is 5.92 Å². The highest BCUT2D eigenvalue weighted by atomic mass is 16.2. The Kier molecular flexibility index (Phi) is 3.23. The van der Waals surface area contributed by atoms with Gasteiger partial charge in [-0.1, -0.05) is 30.3 Å². The Morgan fingerprint density at radius 2 is 1.75 bits per heavy atom. The summed E-state index contributed by atoms with van der Waals surface area (Å²) in [6.07, 6.45) is 0.234. The second-order valence-corrected chi connectivity index (χ2v) is 6.30. The average molecular weight is 320 g/mol. The molecule has 120 valence electrons. The molecule has 1 fully saturated rings. The van der Waals surface area contributed by atoms with Crippen LogP contribution in [0.25, 0.3) is 11.1 Å². The van der Waals surface area contributed by atoms with Crippen molar-refractivity contribution in [3.63, 3.8) is 0 Å². The molecule has 1 N–H and O–H groups in total. The number of rotatable bonds is 2. The quantitative estimate of drug-likeness (QED) is 0.788. The highest BCUT2D eigenvalue weighted by Crippen LogP contribution is 2.37. The van der Waals surface area contributed by atoms with E-state index in [0.29, 0.717) is 23.4 Å². The maximum atomic E-state index is 12.5. The van der Waals surface area contributed by atoms with Crippen molar-refractivity contribution in [2.45, 2.75) is 6.42 Å². The summed E-state index contributed by atoms with van der Waals surface area (Å²) in [6.45, 7) is 0.431. The lowest BCUT2D eigenvalue weighted by molar-refractivity contribution is -0.127. The molecule has 1 aliphatic carbocycles. The number of fused-ring (bicyclic) bond motifs is 3. The zero-order valence-corrected chi connectivity index (χ0v) is 13.2. The largest absolute Gasteiger partial charge is 0.345 e. The van der Waals surface area contributed by atoms with E-state index in [9.17, 15) is 14.4 Å². The van der Waals surface area contributed by atoms with Crippen LogP contribution in [0, 0.1) is 5.92 Å². The summed E-state index contributed by atoms with van der Waals surface area (Å²) in [6, 6.07) is 12.9. The first kappa shape index (κ1) is 14.6. The summed E-state index contributed by atoms with van der Waals surface area (Å²) < 4.78 is 0. The molecule has 2 aliphatic rings. The van der Waals surface area contributed by atoms with Gasteiger partial charge < -0.3 is 10.2 Å². The molecule has 0 saturated carbocycles. The van der Waals surface area contributed by atoms with Crippen molar-refractivity contribution < 1.29 is 14.4 Å². The molecular formula is C19H16N2O3. The highest BCUT2D eigenvalue weighted by molar-refractivity contribution is 6.22. The molecule has 0 radical (unpaired) electrons. The molecule has 2 aromatic rings. The fraction of sp³-hybridized carbons (Fsp3) is 0.211. The van der Waals surface area contributed by atoms with Gasteiger partial charge in [-0.05, 0) is 23.3 Å². The minimum Gasteiger partial charge on any atom is -0.345 e. The number of carbonyl (C=O) groups excluding carboxylic acids is 3. The minimum atomic E-state index is -0.344. The van der Waals surface area contributed by atoms with Gasteiger partial charge in [0, 0.05) is 36.8 Å². The summed E-state index contributed by atoms with van der Waals surface area (Å²) >= 11 is 0. The molecule has 2 amide bonds. The lowest BCUT2D eigenvalue weighted by atomic mass is 10.0. The number of amides is 2. The second-order valence-electron chi connectivity index (χ2n) is 6.30. The maximum absolute atomic E-state index is 12.5. The number of anilines is 1. The molecule has 4 rings (SSSR count). The van der Waals surface area contributed by atoms with Crippen molar-refractivity contribution in [2.24, 2.45) is 5.92 Å². The molecule has 24 heavy (non-hydrogen) atoms. The van der Waals surface area contributed by atoms with E-state index in [1.165, 1.54) is 0 Å². The smallest absolute Gasteiger partial charge is 0.229 e. The lowest BCUT2D eigenvalue weighted by Gasteiger charge is -2.12. The molecule has 1 aliphatic heterocycles. The first-order chi connectivity index (χ1) is 11.5. The topological polar surface area (TPSA) is 66.5 Å². The van der Waals surface area contributed by atoms with E-state index in [1.807, 2.05) is 30.3 Å². The summed E-state index contributed by atoms with van der Waals surface area (Å²) in [5, 5.41) is 2.83. The number of benzene rings is 2. The summed E-state index contributed by atoms with van der Waals surface area (Å²) in [7, 11) is 1.70. The third-order valence-electron chi connectivity index (χ3n) is 4.71. The Hall–Kier alpha value is -2.95. The third-order valence-corrected chi connectivity index (χ3v) is 4.71. The van der Waals surface area contributed by atoms with E-state index >= 15 is 0 Å². The number of nitrogens with one attached hydrogen (secondary N) is 1. The van der Waals surface area contributed by atoms with Gasteiger partial charge in [0.1, 0.15) is 0 Å². The Morgan fingerprint density at radius 3 is 2.46 bits per heavy atom. The fourth-order valence-electron chi connectivity index (χ4n) is 3.39. The fourth-order valence-corrected chi connectivity index (χ4v) is 3.39. The number of ketones is 1. The average Bonchev–Trinajstić information content (AvgIpc) is 3.06. The van der Waals surface area contributed by atoms with E-state index in [1.54, 1.807) is 24.1 Å². The molecule has 0 spiro atoms. The van der Waals surface area contributed by atoms with Gasteiger partial charge in [0.15, 0.2) is 5.78 Å². The zero-order chi connectivity index (χ0) is 16.8. The van der Waals surface area contributed by atoms with Crippen molar-refractivity contribution in [1.29, 1.82) is 0 Å². The van der Waals surface area contributed by atoms with Crippen LogP contribution in [0.5, 0.6) is 0 Å². The van der Waals surface area contributed by atoms with Crippen LogP contribution in [0.4, 0.5) is 5.69 Å². The standard InChI is InChI=1S/C19H16N2O3/c1-21-10-11(8-17(21)22)19(24)20-12-6-7-14-13-4-2-3-5-15(13)18(23)16(14)9-12/h2-7,9,11H,8,10H2,1H3,(H,20,24). The van der Waals surface area contributed by atoms with Crippen LogP contribution in [-0.4, -0.2) is 36.1 Å². The first-order valence-electron chi connectivity index (χ1n) is 7.87. The normalized spacial score (nSPS) is 18.5. The molecule has 1 saturated heterocycles. The molecule has 5 heteroatoms. The molecule has 1 atom stereocenters. The second kappa shape index (κ2) is 5.30. The summed E-state index contributed by atoms with van der Waals surface area (Å²) in [4.78, 5) is 38.0. The third kappa shape index (κ3) is 2.21. The van der Waals surface area contributed by atoms with E-state index < -0.39 is 0 Å². The Bertz CT molecular complexity index is 888. The number of hydrogen-bond acceptors (Lipinski definition) is 3. The minimum absolute atomic E-state index is 0.0188. The van der Waals surface area contributed by atoms with Crippen molar-refractivity contribution in [3.05, 3.63) is 53.6 Å². The van der Waals surface area contributed by atoms with Gasteiger partial charge in [-0.3, -0.25) is 14.4 Å². The predicted molar refractivity (Wildman–Crippen MR) is 89.7 cm³/mol. The molecule has 2 aromatic carbocycles. The van der Waals surface area contributed by atoms with Gasteiger partial charge in [-0.25, -0.2) is 0 Å². The van der Waals surface area contributed by atoms with Crippen LogP contribution in [-0.2, 0) is 9.59 Å². The van der Waals surface area contributed by atoms with Crippen LogP contribution in [0.2, 0.25) is 0 Å². The van der Waals surface area contributed by atoms with Gasteiger partial charge in [0.25, 0.3) is 0 Å². The van der Waals surface area contributed by atoms with E-state index in [4.69, 9.17) is 0 Å². The molecule has 0 aromatic heterocycles. The van der Waals surface area contributed by atoms with Gasteiger partial charge >= 0.3 is 0 Å². The van der Waals surface area contributed by atoms with Crippen LogP contribution in [0.1, 0.15) is 22.3 Å². The Balaban J connectivity index is 1.58. The van der Waals surface area contributed by atoms with E-state index in [2.05, 4.69) is 5.32 Å². The van der Waals surface area contributed by atoms with Crippen LogP contribution in [0.15, 0.2) is 42.5 Å². The predicted octanol–water partition coefficient (Wildman–Crippen LogP) is 2.31. The first-order valence-corrected chi connectivity index (χ1v) is 7.87. The number of nitrogens with zero attached hydrogens (tertiary/aromatic N) is 1. The number of carbonyl (C=O) groups is 3. The van der Waals surface area contributed by atoms with Crippen molar-refractivity contribution in [1.82, 2.24) is 4.90 Å². The van der Waals surface area contributed by atoms with Gasteiger partial charge in [-0.15, -0.1) is 0 Å². The van der Waals surface area contributed by atoms with E-state index in [0.717, 1.165) is 11.1 Å². The summed E-state index contributed by atoms with van der Waals surface area (Å²) in [5.41, 5.74) is 3.71. The van der Waals surface area contributed by atoms with Crippen LogP contribution >= 0.6 is 0 Å². The van der Waals surface area contributed by atoms with Crippen molar-refractivity contribution >= 4 is 23.3 Å². The van der Waals surface area contributed by atoms with Crippen molar-refractivity contribution in [3.8, 4) is 11.1 Å². The van der Waals surface area contributed by atoms with Crippen LogP contribution < -0.4 is 5.32 Å². The maximum Gasteiger partial charge on any atom is 0.229 e. The Morgan fingerprint density at radius 1 is 1.04 bits per heavy atom. The lowest BCUT2D eigenvalue weighted by Crippen LogP contribution is -2.25. The van der Waals surface area contributed by atoms with Gasteiger partial charge in [-0.2, -0.15) is 0 Å². The summed E-state index contributed by atoms with van der Waals surface area (Å²) in [5.74, 6) is -0.568. The monoisotopic (exact) mass is 320 g/mol. The highest BCUT2D eigenvalue weighted by Gasteiger charge is 2.32. The molecule has 5 nitrogen and oxygen atoms in total. The molecule has 1 heterocycles. The van der Waals surface area contributed by atoms with Crippen molar-refractivity contribution in [2.75, 3.05) is 18.9 Å². The van der Waals surface area contributed by atoms with Gasteiger partial charge in [0.2, 0.25) is 11.8 Å². The van der Waals surface area contributed by atoms with E-state index in [-0.39, 0.29) is 29.9 Å². The van der Waals surface area contributed by atoms with Crippen LogP contribution in [0.3, 0.4) is 0 Å².